The molecule has 0 aliphatic carbocycles. The van der Waals surface area contributed by atoms with Gasteiger partial charge in [0.15, 0.2) is 0 Å². The van der Waals surface area contributed by atoms with E-state index in [1.807, 2.05) is 48.5 Å². The molecule has 0 saturated heterocycles. The zero-order valence-electron chi connectivity index (χ0n) is 18.8. The van der Waals surface area contributed by atoms with Gasteiger partial charge in [-0.25, -0.2) is 0 Å². The number of rotatable bonds is 4. The van der Waals surface area contributed by atoms with Crippen LogP contribution in [0, 0.1) is 0 Å². The van der Waals surface area contributed by atoms with Gasteiger partial charge >= 0.3 is 0 Å². The van der Waals surface area contributed by atoms with Crippen molar-refractivity contribution in [1.29, 1.82) is 0 Å². The minimum absolute atomic E-state index is 0.0179. The standard InChI is InChI=1S/C27H33O2P/c1-26(2,3)19-16-21(27(4,5)6)25(29)23(17-19)30-22-15-11-10-14-20(22)24(28)18-12-8-7-9-13-18/h7-17,24,28-30H,1-6H3. The molecule has 0 bridgehead atoms. The summed E-state index contributed by atoms with van der Waals surface area (Å²) in [5.74, 6) is 0.373. The number of hydrogen-bond acceptors (Lipinski definition) is 2. The van der Waals surface area contributed by atoms with Crippen molar-refractivity contribution in [1.82, 2.24) is 0 Å². The van der Waals surface area contributed by atoms with Crippen molar-refractivity contribution in [2.75, 3.05) is 0 Å². The van der Waals surface area contributed by atoms with E-state index in [2.05, 4.69) is 59.7 Å². The Morgan fingerprint density at radius 2 is 1.33 bits per heavy atom. The molecule has 3 rings (SSSR count). The summed E-state index contributed by atoms with van der Waals surface area (Å²) in [5.41, 5.74) is 3.77. The molecule has 3 aromatic carbocycles. The highest BCUT2D eigenvalue weighted by Crippen LogP contribution is 2.37. The van der Waals surface area contributed by atoms with Crippen LogP contribution in [0.25, 0.3) is 0 Å². The van der Waals surface area contributed by atoms with Gasteiger partial charge in [-0.3, -0.25) is 0 Å². The molecule has 0 saturated carbocycles. The quantitative estimate of drug-likeness (QED) is 0.532. The van der Waals surface area contributed by atoms with Crippen LogP contribution in [-0.2, 0) is 10.8 Å². The van der Waals surface area contributed by atoms with Crippen molar-refractivity contribution in [2.45, 2.75) is 58.5 Å². The zero-order chi connectivity index (χ0) is 22.1. The molecule has 2 unspecified atom stereocenters. The molecule has 158 valence electrons. The van der Waals surface area contributed by atoms with Gasteiger partial charge in [0.25, 0.3) is 0 Å². The van der Waals surface area contributed by atoms with Gasteiger partial charge in [-0.1, -0.05) is 111 Å². The van der Waals surface area contributed by atoms with Crippen molar-refractivity contribution < 1.29 is 10.2 Å². The Kier molecular flexibility index (Phi) is 6.41. The van der Waals surface area contributed by atoms with Gasteiger partial charge < -0.3 is 10.2 Å². The zero-order valence-corrected chi connectivity index (χ0v) is 19.8. The van der Waals surface area contributed by atoms with Crippen LogP contribution in [0.4, 0.5) is 0 Å². The van der Waals surface area contributed by atoms with E-state index in [-0.39, 0.29) is 19.4 Å². The Morgan fingerprint density at radius 1 is 0.733 bits per heavy atom. The second-order valence-corrected chi connectivity index (χ2v) is 11.3. The highest BCUT2D eigenvalue weighted by molar-refractivity contribution is 7.55. The summed E-state index contributed by atoms with van der Waals surface area (Å²) in [6.07, 6.45) is -0.690. The number of aliphatic hydroxyl groups excluding tert-OH is 1. The van der Waals surface area contributed by atoms with Crippen LogP contribution in [0.2, 0.25) is 0 Å². The first-order valence-electron chi connectivity index (χ1n) is 10.5. The number of hydrogen-bond donors (Lipinski definition) is 2. The molecule has 3 heteroatoms. The third-order valence-corrected chi connectivity index (χ3v) is 6.80. The Hall–Kier alpha value is -2.15. The lowest BCUT2D eigenvalue weighted by molar-refractivity contribution is 0.221. The molecule has 0 spiro atoms. The minimum atomic E-state index is -0.690. The summed E-state index contributed by atoms with van der Waals surface area (Å²) in [5, 5.41) is 24.2. The van der Waals surface area contributed by atoms with E-state index >= 15 is 0 Å². The van der Waals surface area contributed by atoms with E-state index in [4.69, 9.17) is 0 Å². The van der Waals surface area contributed by atoms with Crippen LogP contribution in [0.1, 0.15) is 69.9 Å². The lowest BCUT2D eigenvalue weighted by Crippen LogP contribution is -2.21. The molecule has 30 heavy (non-hydrogen) atoms. The number of phenolic OH excluding ortho intramolecular Hbond substituents is 1. The summed E-state index contributed by atoms with van der Waals surface area (Å²) in [6, 6.07) is 22.0. The van der Waals surface area contributed by atoms with Gasteiger partial charge in [-0.2, -0.15) is 0 Å². The first-order valence-corrected chi connectivity index (χ1v) is 11.5. The van der Waals surface area contributed by atoms with Crippen LogP contribution >= 0.6 is 8.58 Å². The third-order valence-electron chi connectivity index (χ3n) is 5.42. The van der Waals surface area contributed by atoms with Crippen LogP contribution in [0.15, 0.2) is 66.7 Å². The second-order valence-electron chi connectivity index (χ2n) is 9.95. The van der Waals surface area contributed by atoms with E-state index in [1.54, 1.807) is 0 Å². The first kappa shape index (κ1) is 22.5. The molecule has 2 atom stereocenters. The van der Waals surface area contributed by atoms with Crippen molar-refractivity contribution in [2.24, 2.45) is 0 Å². The van der Waals surface area contributed by atoms with Crippen molar-refractivity contribution >= 4 is 19.2 Å². The van der Waals surface area contributed by atoms with Gasteiger partial charge in [-0.15, -0.1) is 0 Å². The Balaban J connectivity index is 2.09. The normalized spacial score (nSPS) is 13.7. The van der Waals surface area contributed by atoms with Crippen molar-refractivity contribution in [3.05, 3.63) is 89.0 Å². The average molecular weight is 421 g/mol. The van der Waals surface area contributed by atoms with E-state index in [9.17, 15) is 10.2 Å². The van der Waals surface area contributed by atoms with Gasteiger partial charge in [0, 0.05) is 10.9 Å². The summed E-state index contributed by atoms with van der Waals surface area (Å²) in [6.45, 7) is 13.0. The maximum absolute atomic E-state index is 11.2. The SMILES string of the molecule is CC(C)(C)c1cc(Pc2ccccc2C(O)c2ccccc2)c(O)c(C(C)(C)C)c1. The molecule has 2 nitrogen and oxygen atoms in total. The molecule has 3 aromatic rings. The molecule has 0 fully saturated rings. The van der Waals surface area contributed by atoms with Crippen LogP contribution in [-0.4, -0.2) is 10.2 Å². The lowest BCUT2D eigenvalue weighted by atomic mass is 9.80. The fourth-order valence-electron chi connectivity index (χ4n) is 3.54. The number of aliphatic hydroxyl groups is 1. The number of benzene rings is 3. The largest absolute Gasteiger partial charge is 0.507 e. The van der Waals surface area contributed by atoms with Gasteiger partial charge in [0.05, 0.1) is 0 Å². The molecule has 2 N–H and O–H groups in total. The smallest absolute Gasteiger partial charge is 0.127 e. The fraction of sp³-hybridized carbons (Fsp3) is 0.333. The van der Waals surface area contributed by atoms with Crippen molar-refractivity contribution in [3.8, 4) is 5.75 Å². The highest BCUT2D eigenvalue weighted by Gasteiger charge is 2.25. The molecule has 0 aromatic heterocycles. The summed E-state index contributed by atoms with van der Waals surface area (Å²) >= 11 is 0. The first-order chi connectivity index (χ1) is 14.0. The lowest BCUT2D eigenvalue weighted by Gasteiger charge is -2.28. The van der Waals surface area contributed by atoms with Crippen LogP contribution in [0.5, 0.6) is 5.75 Å². The topological polar surface area (TPSA) is 40.5 Å². The molecule has 0 radical (unpaired) electrons. The second kappa shape index (κ2) is 8.53. The minimum Gasteiger partial charge on any atom is -0.507 e. The van der Waals surface area contributed by atoms with Gasteiger partial charge in [-0.05, 0) is 38.9 Å². The molecular formula is C27H33O2P. The third kappa shape index (κ3) is 4.94. The highest BCUT2D eigenvalue weighted by atomic mass is 31.1. The molecular weight excluding hydrogens is 387 g/mol. The van der Waals surface area contributed by atoms with Crippen LogP contribution < -0.4 is 10.6 Å². The molecule has 0 aliphatic rings. The van der Waals surface area contributed by atoms with Crippen LogP contribution in [0.3, 0.4) is 0 Å². The maximum atomic E-state index is 11.2. The molecule has 0 amide bonds. The number of phenols is 1. The monoisotopic (exact) mass is 420 g/mol. The average Bonchev–Trinajstić information content (AvgIpc) is 2.68. The van der Waals surface area contributed by atoms with E-state index in [0.717, 1.165) is 27.3 Å². The van der Waals surface area contributed by atoms with E-state index in [0.29, 0.717) is 5.75 Å². The van der Waals surface area contributed by atoms with E-state index in [1.165, 1.54) is 5.56 Å². The predicted octanol–water partition coefficient (Wildman–Crippen LogP) is 5.70. The maximum Gasteiger partial charge on any atom is 0.127 e. The summed E-state index contributed by atoms with van der Waals surface area (Å²) in [7, 11) is 0.253. The van der Waals surface area contributed by atoms with Gasteiger partial charge in [0.2, 0.25) is 0 Å². The summed E-state index contributed by atoms with van der Waals surface area (Å²) < 4.78 is 0. The van der Waals surface area contributed by atoms with Crippen molar-refractivity contribution in [3.63, 3.8) is 0 Å². The Labute approximate surface area is 182 Å². The fourth-order valence-corrected chi connectivity index (χ4v) is 4.86. The Morgan fingerprint density at radius 3 is 1.93 bits per heavy atom. The Bertz CT molecular complexity index is 1010. The molecule has 0 aliphatic heterocycles. The van der Waals surface area contributed by atoms with Gasteiger partial charge in [0.1, 0.15) is 11.9 Å². The van der Waals surface area contributed by atoms with E-state index < -0.39 is 6.10 Å². The molecule has 0 heterocycles. The number of aromatic hydroxyl groups is 1. The summed E-state index contributed by atoms with van der Waals surface area (Å²) in [4.78, 5) is 0. The predicted molar refractivity (Wildman–Crippen MR) is 130 cm³/mol.